The highest BCUT2D eigenvalue weighted by molar-refractivity contribution is 5.88. The van der Waals surface area contributed by atoms with Crippen molar-refractivity contribution in [2.45, 2.75) is 104 Å². The number of amidine groups is 1. The molecule has 0 amide bonds. The number of allylic oxidation sites excluding steroid dienone is 1. The van der Waals surface area contributed by atoms with Crippen molar-refractivity contribution in [2.24, 2.45) is 4.99 Å². The number of aliphatic hydroxyl groups is 1. The number of rotatable bonds is 18. The van der Waals surface area contributed by atoms with E-state index in [9.17, 15) is 5.11 Å². The van der Waals surface area contributed by atoms with Crippen molar-refractivity contribution in [1.82, 2.24) is 0 Å². The van der Waals surface area contributed by atoms with Gasteiger partial charge in [0.15, 0.2) is 0 Å². The Labute approximate surface area is 169 Å². The van der Waals surface area contributed by atoms with Crippen LogP contribution in [-0.4, -0.2) is 48.2 Å². The van der Waals surface area contributed by atoms with Gasteiger partial charge in [0.1, 0.15) is 13.1 Å². The van der Waals surface area contributed by atoms with E-state index in [0.717, 1.165) is 30.7 Å². The molecule has 1 aliphatic heterocycles. The van der Waals surface area contributed by atoms with E-state index in [4.69, 9.17) is 0 Å². The van der Waals surface area contributed by atoms with Gasteiger partial charge >= 0.3 is 0 Å². The molecule has 0 aliphatic carbocycles. The van der Waals surface area contributed by atoms with Crippen LogP contribution in [0.1, 0.15) is 104 Å². The Hall–Kier alpha value is -0.670. The molecule has 0 fully saturated rings. The first-order chi connectivity index (χ1) is 13.3. The van der Waals surface area contributed by atoms with E-state index in [1.165, 1.54) is 95.7 Å². The average Bonchev–Trinajstić information content (AvgIpc) is 3.08. The van der Waals surface area contributed by atoms with Crippen LogP contribution in [-0.2, 0) is 0 Å². The molecule has 3 nitrogen and oxygen atoms in total. The summed E-state index contributed by atoms with van der Waals surface area (Å²) < 4.78 is 0.867. The maximum absolute atomic E-state index is 9.35. The van der Waals surface area contributed by atoms with Crippen LogP contribution in [0.15, 0.2) is 17.1 Å². The normalized spacial score (nSPS) is 19.9. The smallest absolute Gasteiger partial charge is 0.222 e. The summed E-state index contributed by atoms with van der Waals surface area (Å²) in [5, 5.41) is 9.35. The molecule has 1 heterocycles. The van der Waals surface area contributed by atoms with E-state index in [1.807, 2.05) is 0 Å². The molecule has 0 radical (unpaired) electrons. The topological polar surface area (TPSA) is 32.6 Å². The molecule has 0 saturated heterocycles. The third kappa shape index (κ3) is 10.4. The van der Waals surface area contributed by atoms with Crippen LogP contribution in [0, 0.1) is 0 Å². The number of hydrogen-bond donors (Lipinski definition) is 1. The zero-order valence-electron chi connectivity index (χ0n) is 18.4. The van der Waals surface area contributed by atoms with Crippen LogP contribution in [0.25, 0.3) is 0 Å². The quantitative estimate of drug-likeness (QED) is 0.221. The van der Waals surface area contributed by atoms with Crippen LogP contribution < -0.4 is 0 Å². The fourth-order valence-electron chi connectivity index (χ4n) is 4.20. The highest BCUT2D eigenvalue weighted by Gasteiger charge is 2.34. The number of nitrogens with zero attached hydrogens (tertiary/aromatic N) is 2. The van der Waals surface area contributed by atoms with E-state index in [2.05, 4.69) is 31.0 Å². The monoisotopic (exact) mass is 379 g/mol. The average molecular weight is 380 g/mol. The minimum Gasteiger partial charge on any atom is -0.390 e. The molecule has 1 N–H and O–H groups in total. The van der Waals surface area contributed by atoms with Crippen LogP contribution in [0.3, 0.4) is 0 Å². The molecular formula is C24H47N2O+. The molecule has 0 aromatic rings. The SMILES string of the molecule is CCCCCCCCCCCCCCC/C=C/C1=NCC[N+]1(CC)CCO. The van der Waals surface area contributed by atoms with E-state index in [0.29, 0.717) is 0 Å². The highest BCUT2D eigenvalue weighted by Crippen LogP contribution is 2.17. The molecular weight excluding hydrogens is 332 g/mol. The summed E-state index contributed by atoms with van der Waals surface area (Å²) in [5.74, 6) is 1.18. The number of unbranched alkanes of at least 4 members (excludes halogenated alkanes) is 13. The van der Waals surface area contributed by atoms with Gasteiger partial charge in [0.25, 0.3) is 0 Å². The fourth-order valence-corrected chi connectivity index (χ4v) is 4.20. The van der Waals surface area contributed by atoms with Crippen molar-refractivity contribution >= 4 is 5.84 Å². The van der Waals surface area contributed by atoms with Crippen molar-refractivity contribution in [1.29, 1.82) is 0 Å². The van der Waals surface area contributed by atoms with Gasteiger partial charge in [-0.3, -0.25) is 4.48 Å². The molecule has 1 atom stereocenters. The van der Waals surface area contributed by atoms with Gasteiger partial charge in [0, 0.05) is 6.08 Å². The van der Waals surface area contributed by atoms with Gasteiger partial charge in [0.2, 0.25) is 5.84 Å². The Balaban J connectivity index is 1.95. The van der Waals surface area contributed by atoms with Crippen molar-refractivity contribution in [2.75, 3.05) is 32.8 Å². The standard InChI is InChI=1S/C24H47N2O/c1-3-5-6-7-8-9-10-11-12-13-14-15-16-17-18-19-24-25-20-21-26(24,4-2)22-23-27/h18-19,27H,3-17,20-23H2,1-2H3/q+1/b19-18+. The number of aliphatic hydroxyl groups excluding tert-OH is 1. The van der Waals surface area contributed by atoms with Crippen LogP contribution >= 0.6 is 0 Å². The molecule has 0 spiro atoms. The molecule has 0 bridgehead atoms. The van der Waals surface area contributed by atoms with E-state index >= 15 is 0 Å². The summed E-state index contributed by atoms with van der Waals surface area (Å²) in [6, 6.07) is 0. The first-order valence-electron chi connectivity index (χ1n) is 12.0. The minimum absolute atomic E-state index is 0.250. The predicted molar refractivity (Wildman–Crippen MR) is 119 cm³/mol. The summed E-state index contributed by atoms with van der Waals surface area (Å²) in [6.07, 6.45) is 24.1. The molecule has 0 saturated carbocycles. The second kappa shape index (κ2) is 16.3. The predicted octanol–water partition coefficient (Wildman–Crippen LogP) is 6.27. The molecule has 1 unspecified atom stereocenters. The largest absolute Gasteiger partial charge is 0.390 e. The minimum atomic E-state index is 0.250. The summed E-state index contributed by atoms with van der Waals surface area (Å²) in [6.45, 7) is 8.54. The van der Waals surface area contributed by atoms with Crippen LogP contribution in [0.4, 0.5) is 0 Å². The second-order valence-electron chi connectivity index (χ2n) is 8.31. The molecule has 1 aliphatic rings. The Bertz CT molecular complexity index is 405. The molecule has 27 heavy (non-hydrogen) atoms. The molecule has 3 heteroatoms. The third-order valence-corrected chi connectivity index (χ3v) is 6.16. The number of hydrogen-bond acceptors (Lipinski definition) is 2. The van der Waals surface area contributed by atoms with Crippen molar-refractivity contribution in [3.8, 4) is 0 Å². The Morgan fingerprint density at radius 2 is 1.41 bits per heavy atom. The van der Waals surface area contributed by atoms with Gasteiger partial charge in [-0.2, -0.15) is 0 Å². The van der Waals surface area contributed by atoms with Gasteiger partial charge in [-0.05, 0) is 19.8 Å². The lowest BCUT2D eigenvalue weighted by molar-refractivity contribution is -0.832. The molecule has 0 aromatic carbocycles. The van der Waals surface area contributed by atoms with E-state index < -0.39 is 0 Å². The van der Waals surface area contributed by atoms with Crippen molar-refractivity contribution in [3.05, 3.63) is 12.2 Å². The lowest BCUT2D eigenvalue weighted by Gasteiger charge is -2.31. The van der Waals surface area contributed by atoms with Crippen LogP contribution in [0.2, 0.25) is 0 Å². The van der Waals surface area contributed by atoms with E-state index in [1.54, 1.807) is 0 Å². The molecule has 0 aromatic heterocycles. The summed E-state index contributed by atoms with van der Waals surface area (Å²) >= 11 is 0. The third-order valence-electron chi connectivity index (χ3n) is 6.16. The molecule has 1 rings (SSSR count). The lowest BCUT2D eigenvalue weighted by atomic mass is 10.0. The zero-order valence-corrected chi connectivity index (χ0v) is 18.4. The van der Waals surface area contributed by atoms with Gasteiger partial charge < -0.3 is 5.11 Å². The molecule has 158 valence electrons. The summed E-state index contributed by atoms with van der Waals surface area (Å²) in [7, 11) is 0. The van der Waals surface area contributed by atoms with Gasteiger partial charge in [-0.25, -0.2) is 4.99 Å². The Kier molecular flexibility index (Phi) is 14.7. The maximum atomic E-state index is 9.35. The van der Waals surface area contributed by atoms with Crippen LogP contribution in [0.5, 0.6) is 0 Å². The highest BCUT2D eigenvalue weighted by atomic mass is 16.3. The first-order valence-corrected chi connectivity index (χ1v) is 12.0. The summed E-state index contributed by atoms with van der Waals surface area (Å²) in [5.41, 5.74) is 0. The number of aliphatic imine (C=N–C) groups is 1. The number of quaternary nitrogens is 1. The fraction of sp³-hybridized carbons (Fsp3) is 0.875. The van der Waals surface area contributed by atoms with Gasteiger partial charge in [0.05, 0.1) is 19.7 Å². The van der Waals surface area contributed by atoms with Gasteiger partial charge in [-0.1, -0.05) is 90.0 Å². The Morgan fingerprint density at radius 3 is 1.93 bits per heavy atom. The lowest BCUT2D eigenvalue weighted by Crippen LogP contribution is -2.51. The van der Waals surface area contributed by atoms with Gasteiger partial charge in [-0.15, -0.1) is 0 Å². The zero-order chi connectivity index (χ0) is 19.6. The van der Waals surface area contributed by atoms with E-state index in [-0.39, 0.29) is 6.61 Å². The number of likely N-dealkylation sites (N-methyl/N-ethyl adjacent to an activating group) is 1. The summed E-state index contributed by atoms with van der Waals surface area (Å²) in [4.78, 5) is 4.67. The van der Waals surface area contributed by atoms with Crippen molar-refractivity contribution in [3.63, 3.8) is 0 Å². The second-order valence-corrected chi connectivity index (χ2v) is 8.31. The van der Waals surface area contributed by atoms with Crippen molar-refractivity contribution < 1.29 is 9.59 Å². The maximum Gasteiger partial charge on any atom is 0.222 e. The Morgan fingerprint density at radius 1 is 0.852 bits per heavy atom. The first kappa shape index (κ1) is 24.4.